The number of carbonyl (C=O) groups excluding carboxylic acids is 1. The predicted molar refractivity (Wildman–Crippen MR) is 87.6 cm³/mol. The normalized spacial score (nSPS) is 21.3. The third-order valence-electron chi connectivity index (χ3n) is 4.72. The number of rotatable bonds is 3. The number of likely N-dealkylation sites (tertiary alicyclic amines) is 1. The molecule has 0 radical (unpaired) electrons. The molecule has 0 bridgehead atoms. The van der Waals surface area contributed by atoms with Crippen molar-refractivity contribution in [2.45, 2.75) is 64.8 Å². The smallest absolute Gasteiger partial charge is 0.409 e. The Kier molecular flexibility index (Phi) is 8.74. The van der Waals surface area contributed by atoms with Crippen molar-refractivity contribution in [1.82, 2.24) is 9.80 Å². The van der Waals surface area contributed by atoms with E-state index in [1.54, 1.807) is 0 Å². The fourth-order valence-corrected chi connectivity index (χ4v) is 3.44. The van der Waals surface area contributed by atoms with Gasteiger partial charge in [0.2, 0.25) is 0 Å². The quantitative estimate of drug-likeness (QED) is 0.795. The number of hydrogen-bond acceptors (Lipinski definition) is 3. The summed E-state index contributed by atoms with van der Waals surface area (Å²) in [5.74, 6) is 0.688. The van der Waals surface area contributed by atoms with Crippen molar-refractivity contribution in [2.75, 3.05) is 33.8 Å². The largest absolute Gasteiger partial charge is 0.453 e. The van der Waals surface area contributed by atoms with Crippen LogP contribution < -0.4 is 0 Å². The van der Waals surface area contributed by atoms with Crippen LogP contribution in [0.5, 0.6) is 0 Å². The first kappa shape index (κ1) is 18.3. The molecular weight excluding hydrogens is 264 g/mol. The van der Waals surface area contributed by atoms with Gasteiger partial charge in [0.15, 0.2) is 0 Å². The van der Waals surface area contributed by atoms with Crippen molar-refractivity contribution in [2.24, 2.45) is 5.92 Å². The van der Waals surface area contributed by atoms with Crippen LogP contribution in [0.3, 0.4) is 0 Å². The molecule has 2 rings (SSSR count). The van der Waals surface area contributed by atoms with Gasteiger partial charge in [0.25, 0.3) is 0 Å². The Morgan fingerprint density at radius 2 is 1.67 bits per heavy atom. The van der Waals surface area contributed by atoms with Crippen LogP contribution in [0.1, 0.15) is 58.8 Å². The van der Waals surface area contributed by atoms with E-state index in [9.17, 15) is 4.79 Å². The standard InChI is InChI=1S/C15H28N2O2.C2H6/c1-16-10-8-14(9-11-16)17(15(18)19-2)12-13-6-4-3-5-7-13;1-2/h13-14H,3-12H2,1-2H3;1-2H3. The Bertz CT molecular complexity index is 283. The fraction of sp³-hybridized carbons (Fsp3) is 0.941. The summed E-state index contributed by atoms with van der Waals surface area (Å²) in [4.78, 5) is 16.4. The van der Waals surface area contributed by atoms with E-state index in [-0.39, 0.29) is 6.09 Å². The van der Waals surface area contributed by atoms with Crippen LogP contribution in [-0.4, -0.2) is 55.7 Å². The molecule has 4 heteroatoms. The number of nitrogens with zero attached hydrogens (tertiary/aromatic N) is 2. The van der Waals surface area contributed by atoms with Gasteiger partial charge in [-0.1, -0.05) is 33.1 Å². The highest BCUT2D eigenvalue weighted by atomic mass is 16.5. The Balaban J connectivity index is 0.00000106. The van der Waals surface area contributed by atoms with E-state index in [1.165, 1.54) is 39.2 Å². The summed E-state index contributed by atoms with van der Waals surface area (Å²) in [6.45, 7) is 7.08. The van der Waals surface area contributed by atoms with Gasteiger partial charge in [0, 0.05) is 12.6 Å². The average Bonchev–Trinajstić information content (AvgIpc) is 2.56. The van der Waals surface area contributed by atoms with E-state index in [2.05, 4.69) is 11.9 Å². The molecular formula is C17H34N2O2. The average molecular weight is 298 g/mol. The van der Waals surface area contributed by atoms with Crippen molar-refractivity contribution in [3.05, 3.63) is 0 Å². The van der Waals surface area contributed by atoms with Crippen molar-refractivity contribution in [3.8, 4) is 0 Å². The summed E-state index contributed by atoms with van der Waals surface area (Å²) >= 11 is 0. The third kappa shape index (κ3) is 5.85. The number of amides is 1. The molecule has 1 amide bonds. The lowest BCUT2D eigenvalue weighted by Gasteiger charge is -2.38. The van der Waals surface area contributed by atoms with Crippen molar-refractivity contribution < 1.29 is 9.53 Å². The molecule has 1 aliphatic carbocycles. The summed E-state index contributed by atoms with van der Waals surface area (Å²) in [7, 11) is 3.66. The number of methoxy groups -OCH3 is 1. The van der Waals surface area contributed by atoms with Crippen LogP contribution in [0.15, 0.2) is 0 Å². The predicted octanol–water partition coefficient (Wildman–Crippen LogP) is 3.76. The van der Waals surface area contributed by atoms with Crippen LogP contribution in [0.25, 0.3) is 0 Å². The molecule has 124 valence electrons. The van der Waals surface area contributed by atoms with E-state index in [0.717, 1.165) is 32.5 Å². The fourth-order valence-electron chi connectivity index (χ4n) is 3.44. The zero-order chi connectivity index (χ0) is 15.7. The Morgan fingerprint density at radius 1 is 1.10 bits per heavy atom. The minimum Gasteiger partial charge on any atom is -0.453 e. The molecule has 1 aliphatic heterocycles. The third-order valence-corrected chi connectivity index (χ3v) is 4.72. The molecule has 1 saturated heterocycles. The number of hydrogen-bond donors (Lipinski definition) is 0. The second kappa shape index (κ2) is 10.0. The Labute approximate surface area is 130 Å². The molecule has 2 fully saturated rings. The highest BCUT2D eigenvalue weighted by Gasteiger charge is 2.29. The van der Waals surface area contributed by atoms with Gasteiger partial charge >= 0.3 is 6.09 Å². The monoisotopic (exact) mass is 298 g/mol. The molecule has 2 aliphatic rings. The zero-order valence-corrected chi connectivity index (χ0v) is 14.4. The maximum atomic E-state index is 12.1. The number of ether oxygens (including phenoxy) is 1. The highest BCUT2D eigenvalue weighted by Crippen LogP contribution is 2.27. The molecule has 21 heavy (non-hydrogen) atoms. The molecule has 1 heterocycles. The lowest BCUT2D eigenvalue weighted by Crippen LogP contribution is -2.48. The van der Waals surface area contributed by atoms with Crippen molar-refractivity contribution in [1.29, 1.82) is 0 Å². The van der Waals surface area contributed by atoms with E-state index in [0.29, 0.717) is 12.0 Å². The summed E-state index contributed by atoms with van der Waals surface area (Å²) in [6, 6.07) is 0.380. The highest BCUT2D eigenvalue weighted by molar-refractivity contribution is 5.67. The first-order chi connectivity index (χ1) is 10.2. The Morgan fingerprint density at radius 3 is 2.19 bits per heavy atom. The molecule has 0 N–H and O–H groups in total. The van der Waals surface area contributed by atoms with Gasteiger partial charge in [-0.15, -0.1) is 0 Å². The molecule has 0 aromatic carbocycles. The van der Waals surface area contributed by atoms with Crippen LogP contribution in [0.4, 0.5) is 4.79 Å². The van der Waals surface area contributed by atoms with E-state index in [1.807, 2.05) is 18.7 Å². The summed E-state index contributed by atoms with van der Waals surface area (Å²) < 4.78 is 5.01. The van der Waals surface area contributed by atoms with Gasteiger partial charge in [-0.25, -0.2) is 4.79 Å². The lowest BCUT2D eigenvalue weighted by atomic mass is 9.88. The van der Waals surface area contributed by atoms with Crippen LogP contribution in [-0.2, 0) is 4.74 Å². The van der Waals surface area contributed by atoms with Gasteiger partial charge in [0.05, 0.1) is 7.11 Å². The van der Waals surface area contributed by atoms with Crippen molar-refractivity contribution >= 4 is 6.09 Å². The van der Waals surface area contributed by atoms with Crippen LogP contribution >= 0.6 is 0 Å². The lowest BCUT2D eigenvalue weighted by molar-refractivity contribution is 0.0698. The molecule has 0 aromatic heterocycles. The van der Waals surface area contributed by atoms with Crippen LogP contribution in [0, 0.1) is 5.92 Å². The maximum Gasteiger partial charge on any atom is 0.409 e. The minimum absolute atomic E-state index is 0.125. The van der Waals surface area contributed by atoms with Crippen molar-refractivity contribution in [3.63, 3.8) is 0 Å². The van der Waals surface area contributed by atoms with E-state index >= 15 is 0 Å². The molecule has 0 atom stereocenters. The van der Waals surface area contributed by atoms with Gasteiger partial charge in [0.1, 0.15) is 0 Å². The maximum absolute atomic E-state index is 12.1. The van der Waals surface area contributed by atoms with Gasteiger partial charge in [-0.05, 0) is 51.7 Å². The Hall–Kier alpha value is -0.770. The first-order valence-corrected chi connectivity index (χ1v) is 8.74. The zero-order valence-electron chi connectivity index (χ0n) is 14.4. The second-order valence-electron chi connectivity index (χ2n) is 6.16. The topological polar surface area (TPSA) is 32.8 Å². The van der Waals surface area contributed by atoms with Gasteiger partial charge in [-0.2, -0.15) is 0 Å². The summed E-state index contributed by atoms with van der Waals surface area (Å²) in [6.07, 6.45) is 8.61. The first-order valence-electron chi connectivity index (χ1n) is 8.74. The summed E-state index contributed by atoms with van der Waals surface area (Å²) in [5, 5.41) is 0. The molecule has 4 nitrogen and oxygen atoms in total. The number of piperidine rings is 1. The second-order valence-corrected chi connectivity index (χ2v) is 6.16. The van der Waals surface area contributed by atoms with Gasteiger partial charge in [-0.3, -0.25) is 0 Å². The molecule has 1 saturated carbocycles. The molecule has 0 unspecified atom stereocenters. The molecule has 0 aromatic rings. The van der Waals surface area contributed by atoms with Crippen LogP contribution in [0.2, 0.25) is 0 Å². The van der Waals surface area contributed by atoms with E-state index < -0.39 is 0 Å². The van der Waals surface area contributed by atoms with E-state index in [4.69, 9.17) is 4.74 Å². The minimum atomic E-state index is -0.125. The number of carbonyl (C=O) groups is 1. The summed E-state index contributed by atoms with van der Waals surface area (Å²) in [5.41, 5.74) is 0. The molecule has 0 spiro atoms. The SMILES string of the molecule is CC.COC(=O)N(CC1CCCCC1)C1CCN(C)CC1. The van der Waals surface area contributed by atoms with Gasteiger partial charge < -0.3 is 14.5 Å².